The van der Waals surface area contributed by atoms with Crippen molar-refractivity contribution in [3.63, 3.8) is 0 Å². The highest BCUT2D eigenvalue weighted by Gasteiger charge is 2.51. The smallest absolute Gasteiger partial charge is 0.399 e. The quantitative estimate of drug-likeness (QED) is 0.215. The molecule has 3 aromatic heterocycles. The van der Waals surface area contributed by atoms with Crippen molar-refractivity contribution in [3.8, 4) is 11.3 Å². The Kier molecular flexibility index (Phi) is 4.83. The summed E-state index contributed by atoms with van der Waals surface area (Å²) in [6, 6.07) is 24.3. The molecule has 0 amide bonds. The van der Waals surface area contributed by atoms with E-state index in [1.807, 2.05) is 11.3 Å². The van der Waals surface area contributed by atoms with Gasteiger partial charge in [0.15, 0.2) is 5.65 Å². The van der Waals surface area contributed by atoms with Gasteiger partial charge in [0.1, 0.15) is 0 Å². The van der Waals surface area contributed by atoms with E-state index in [1.165, 1.54) is 42.3 Å². The highest BCUT2D eigenvalue weighted by atomic mass is 32.1. The minimum Gasteiger partial charge on any atom is -0.399 e. The Morgan fingerprint density at radius 2 is 1.67 bits per heavy atom. The molecule has 39 heavy (non-hydrogen) atoms. The Morgan fingerprint density at radius 1 is 0.897 bits per heavy atom. The van der Waals surface area contributed by atoms with Crippen LogP contribution in [-0.4, -0.2) is 27.7 Å². The van der Waals surface area contributed by atoms with E-state index in [-0.39, 0.29) is 18.3 Å². The fourth-order valence-electron chi connectivity index (χ4n) is 6.04. The van der Waals surface area contributed by atoms with Crippen LogP contribution >= 0.6 is 11.3 Å². The second kappa shape index (κ2) is 8.04. The number of pyridine rings is 1. The Balaban J connectivity index is 1.37. The third-order valence-corrected chi connectivity index (χ3v) is 10.1. The monoisotopic (exact) mass is 528 g/mol. The van der Waals surface area contributed by atoms with Crippen molar-refractivity contribution in [1.29, 1.82) is 0 Å². The second-order valence-corrected chi connectivity index (χ2v) is 12.8. The minimum absolute atomic E-state index is 0.363. The average molecular weight is 528 g/mol. The van der Waals surface area contributed by atoms with Crippen LogP contribution in [0.5, 0.6) is 0 Å². The number of hydrogen-bond acceptors (Lipinski definition) is 4. The molecule has 0 unspecified atom stereocenters. The second-order valence-electron chi connectivity index (χ2n) is 11.8. The molecule has 6 aromatic rings. The van der Waals surface area contributed by atoms with Crippen LogP contribution < -0.4 is 5.46 Å². The van der Waals surface area contributed by atoms with Crippen LogP contribution in [0.3, 0.4) is 0 Å². The first-order valence-corrected chi connectivity index (χ1v) is 14.5. The van der Waals surface area contributed by atoms with E-state index in [0.717, 1.165) is 35.2 Å². The summed E-state index contributed by atoms with van der Waals surface area (Å²) in [4.78, 5) is 5.24. The third kappa shape index (κ3) is 3.35. The lowest BCUT2D eigenvalue weighted by atomic mass is 9.78. The number of thiophene rings is 1. The molecule has 0 saturated carbocycles. The summed E-state index contributed by atoms with van der Waals surface area (Å²) < 4.78 is 17.6. The molecule has 1 aliphatic heterocycles. The van der Waals surface area contributed by atoms with Crippen molar-refractivity contribution in [2.75, 3.05) is 0 Å². The summed E-state index contributed by atoms with van der Waals surface area (Å²) >= 11 is 1.85. The lowest BCUT2D eigenvalue weighted by molar-refractivity contribution is 0.00578. The number of aryl methyl sites for hydroxylation is 1. The third-order valence-electron chi connectivity index (χ3n) is 8.89. The Labute approximate surface area is 232 Å². The van der Waals surface area contributed by atoms with Crippen molar-refractivity contribution >= 4 is 66.6 Å². The van der Waals surface area contributed by atoms with Crippen LogP contribution in [0.25, 0.3) is 53.9 Å². The predicted molar refractivity (Wildman–Crippen MR) is 164 cm³/mol. The van der Waals surface area contributed by atoms with Gasteiger partial charge in [0.25, 0.3) is 0 Å². The molecule has 1 fully saturated rings. The average Bonchev–Trinajstić information content (AvgIpc) is 3.57. The van der Waals surface area contributed by atoms with Gasteiger partial charge in [-0.2, -0.15) is 0 Å². The fourth-order valence-corrected chi connectivity index (χ4v) is 7.22. The number of imidazole rings is 1. The maximum absolute atomic E-state index is 6.32. The SMILES string of the molecule is CC1(C)OB(c2ccc(-c3cc4c(sc5ccc6ccccc6c54)c4nc5c(n34)C=CCC5)cc2)OC1(C)C. The molecule has 2 aliphatic rings. The zero-order valence-electron chi connectivity index (χ0n) is 22.6. The summed E-state index contributed by atoms with van der Waals surface area (Å²) in [6.45, 7) is 8.38. The first kappa shape index (κ1) is 23.4. The lowest BCUT2D eigenvalue weighted by Crippen LogP contribution is -2.41. The predicted octanol–water partition coefficient (Wildman–Crippen LogP) is 7.78. The van der Waals surface area contributed by atoms with E-state index >= 15 is 0 Å². The van der Waals surface area contributed by atoms with Crippen LogP contribution in [0.4, 0.5) is 0 Å². The molecule has 1 saturated heterocycles. The number of aromatic nitrogens is 2. The molecule has 8 rings (SSSR count). The summed E-state index contributed by atoms with van der Waals surface area (Å²) in [5.74, 6) is 0. The Morgan fingerprint density at radius 3 is 2.46 bits per heavy atom. The van der Waals surface area contributed by atoms with E-state index in [0.29, 0.717) is 0 Å². The molecule has 1 aliphatic carbocycles. The van der Waals surface area contributed by atoms with Gasteiger partial charge in [-0.1, -0.05) is 60.7 Å². The number of nitrogens with zero attached hydrogens (tertiary/aromatic N) is 2. The Bertz CT molecular complexity index is 1960. The highest BCUT2D eigenvalue weighted by Crippen LogP contribution is 2.43. The first-order valence-electron chi connectivity index (χ1n) is 13.7. The number of rotatable bonds is 2. The first-order chi connectivity index (χ1) is 18.8. The van der Waals surface area contributed by atoms with E-state index in [9.17, 15) is 0 Å². The van der Waals surface area contributed by atoms with Crippen LogP contribution in [-0.2, 0) is 15.7 Å². The summed E-state index contributed by atoms with van der Waals surface area (Å²) in [5.41, 5.74) is 6.06. The molecule has 6 heteroatoms. The number of hydrogen-bond donors (Lipinski definition) is 0. The largest absolute Gasteiger partial charge is 0.494 e. The van der Waals surface area contributed by atoms with Gasteiger partial charge in [0, 0.05) is 15.5 Å². The molecule has 0 bridgehead atoms. The standard InChI is InChI=1S/C33H29BN2O2S/c1-32(2)33(3,4)38-34(37-32)22-16-13-21(14-17-22)27-19-24-29-23-10-6-5-9-20(23)15-18-28(29)39-30(24)31-35-25-11-7-8-12-26(25)36(27)31/h5-6,8-10,12-19H,7,11H2,1-4H3. The molecule has 0 radical (unpaired) electrons. The van der Waals surface area contributed by atoms with Gasteiger partial charge >= 0.3 is 7.12 Å². The van der Waals surface area contributed by atoms with Gasteiger partial charge in [-0.05, 0) is 80.5 Å². The van der Waals surface area contributed by atoms with Gasteiger partial charge in [-0.25, -0.2) is 4.98 Å². The Hall–Kier alpha value is -3.45. The van der Waals surface area contributed by atoms with Crippen LogP contribution in [0, 0.1) is 0 Å². The van der Waals surface area contributed by atoms with Crippen molar-refractivity contribution < 1.29 is 9.31 Å². The van der Waals surface area contributed by atoms with E-state index in [2.05, 4.69) is 111 Å². The zero-order chi connectivity index (χ0) is 26.5. The van der Waals surface area contributed by atoms with Gasteiger partial charge < -0.3 is 9.31 Å². The summed E-state index contributed by atoms with van der Waals surface area (Å²) in [7, 11) is -0.373. The van der Waals surface area contributed by atoms with Crippen molar-refractivity contribution in [1.82, 2.24) is 9.38 Å². The summed E-state index contributed by atoms with van der Waals surface area (Å²) in [6.07, 6.45) is 6.53. The normalized spacial score (nSPS) is 18.1. The molecule has 0 spiro atoms. The van der Waals surface area contributed by atoms with Gasteiger partial charge in [-0.3, -0.25) is 4.40 Å². The molecule has 4 nitrogen and oxygen atoms in total. The maximum Gasteiger partial charge on any atom is 0.494 e. The number of allylic oxidation sites excluding steroid dienone is 1. The van der Waals surface area contributed by atoms with Crippen LogP contribution in [0.15, 0.2) is 72.8 Å². The van der Waals surface area contributed by atoms with Crippen LogP contribution in [0.1, 0.15) is 45.5 Å². The van der Waals surface area contributed by atoms with E-state index in [4.69, 9.17) is 14.3 Å². The molecule has 0 atom stereocenters. The fraction of sp³-hybridized carbons (Fsp3) is 0.242. The molecule has 192 valence electrons. The van der Waals surface area contributed by atoms with Crippen LogP contribution in [0.2, 0.25) is 0 Å². The molecule has 3 aromatic carbocycles. The molecular weight excluding hydrogens is 499 g/mol. The molecular formula is C33H29BN2O2S. The molecule has 0 N–H and O–H groups in total. The zero-order valence-corrected chi connectivity index (χ0v) is 23.4. The van der Waals surface area contributed by atoms with E-state index < -0.39 is 0 Å². The highest BCUT2D eigenvalue weighted by molar-refractivity contribution is 7.26. The van der Waals surface area contributed by atoms with Crippen molar-refractivity contribution in [2.45, 2.75) is 51.7 Å². The van der Waals surface area contributed by atoms with Gasteiger partial charge in [0.05, 0.1) is 33.0 Å². The van der Waals surface area contributed by atoms with Gasteiger partial charge in [0.2, 0.25) is 0 Å². The maximum atomic E-state index is 6.32. The van der Waals surface area contributed by atoms with Gasteiger partial charge in [-0.15, -0.1) is 11.3 Å². The summed E-state index contributed by atoms with van der Waals surface area (Å²) in [5, 5.41) is 5.16. The minimum atomic E-state index is -0.373. The van der Waals surface area contributed by atoms with Crippen molar-refractivity contribution in [3.05, 3.63) is 84.2 Å². The van der Waals surface area contributed by atoms with Crippen molar-refractivity contribution in [2.24, 2.45) is 0 Å². The number of benzene rings is 3. The topological polar surface area (TPSA) is 35.8 Å². The lowest BCUT2D eigenvalue weighted by Gasteiger charge is -2.32. The number of fused-ring (bicyclic) bond motifs is 9. The van der Waals surface area contributed by atoms with E-state index in [1.54, 1.807) is 0 Å². The molecule has 4 heterocycles.